The van der Waals surface area contributed by atoms with Crippen LogP contribution in [0.1, 0.15) is 35.0 Å². The fraction of sp³-hybridized carbons (Fsp3) is 0.389. The highest BCUT2D eigenvalue weighted by atomic mass is 16.5. The van der Waals surface area contributed by atoms with Crippen LogP contribution < -0.4 is 0 Å². The Hall–Kier alpha value is -2.63. The van der Waals surface area contributed by atoms with Crippen molar-refractivity contribution in [2.45, 2.75) is 26.2 Å². The summed E-state index contributed by atoms with van der Waals surface area (Å²) in [6.07, 6.45) is 2.85. The van der Waals surface area contributed by atoms with Gasteiger partial charge in [-0.05, 0) is 30.9 Å². The largest absolute Gasteiger partial charge is 0.351 e. The van der Waals surface area contributed by atoms with E-state index in [2.05, 4.69) is 15.1 Å². The van der Waals surface area contributed by atoms with E-state index in [0.717, 1.165) is 49.1 Å². The lowest BCUT2D eigenvalue weighted by Crippen LogP contribution is -2.40. The molecule has 6 nitrogen and oxygen atoms in total. The molecule has 1 aliphatic heterocycles. The first-order chi connectivity index (χ1) is 11.7. The van der Waals surface area contributed by atoms with Crippen molar-refractivity contribution in [1.82, 2.24) is 20.0 Å². The van der Waals surface area contributed by atoms with Crippen molar-refractivity contribution >= 4 is 16.8 Å². The Morgan fingerprint density at radius 2 is 2.29 bits per heavy atom. The molecule has 0 saturated carbocycles. The second kappa shape index (κ2) is 6.11. The second-order valence-corrected chi connectivity index (χ2v) is 6.46. The highest BCUT2D eigenvalue weighted by molar-refractivity contribution is 5.98. The molecular formula is C18H20N4O2. The fourth-order valence-corrected chi connectivity index (χ4v) is 3.46. The third-order valence-corrected chi connectivity index (χ3v) is 4.61. The number of aryl methyl sites for hydroxylation is 1. The quantitative estimate of drug-likeness (QED) is 0.804. The maximum atomic E-state index is 12.8. The number of hydrogen-bond acceptors (Lipinski definition) is 4. The molecule has 6 heteroatoms. The Kier molecular flexibility index (Phi) is 3.80. The molecule has 1 amide bonds. The van der Waals surface area contributed by atoms with Crippen LogP contribution in [-0.2, 0) is 6.42 Å². The molecule has 0 aliphatic carbocycles. The summed E-state index contributed by atoms with van der Waals surface area (Å²) in [6.45, 7) is 3.33. The first-order valence-electron chi connectivity index (χ1n) is 8.35. The van der Waals surface area contributed by atoms with Crippen LogP contribution in [-0.4, -0.2) is 39.0 Å². The van der Waals surface area contributed by atoms with Gasteiger partial charge in [-0.2, -0.15) is 4.98 Å². The lowest BCUT2D eigenvalue weighted by molar-refractivity contribution is 0.0667. The van der Waals surface area contributed by atoms with Gasteiger partial charge in [0.15, 0.2) is 5.82 Å². The van der Waals surface area contributed by atoms with Gasteiger partial charge in [0.25, 0.3) is 5.91 Å². The number of H-pyrrole nitrogens is 1. The number of aromatic amines is 1. The predicted molar refractivity (Wildman–Crippen MR) is 89.7 cm³/mol. The Bertz CT molecular complexity index is 834. The summed E-state index contributed by atoms with van der Waals surface area (Å²) >= 11 is 0. The number of nitrogens with one attached hydrogen (secondary N) is 1. The zero-order valence-corrected chi connectivity index (χ0v) is 13.7. The van der Waals surface area contributed by atoms with Gasteiger partial charge in [-0.1, -0.05) is 23.4 Å². The summed E-state index contributed by atoms with van der Waals surface area (Å²) < 4.78 is 5.04. The summed E-state index contributed by atoms with van der Waals surface area (Å²) in [4.78, 5) is 22.3. The highest BCUT2D eigenvalue weighted by Gasteiger charge is 2.26. The van der Waals surface area contributed by atoms with Crippen molar-refractivity contribution in [3.8, 4) is 0 Å². The number of para-hydroxylation sites is 1. The average molecular weight is 324 g/mol. The molecule has 1 aliphatic rings. The van der Waals surface area contributed by atoms with Gasteiger partial charge in [-0.15, -0.1) is 0 Å². The number of benzene rings is 1. The van der Waals surface area contributed by atoms with Crippen molar-refractivity contribution in [2.24, 2.45) is 5.92 Å². The number of carbonyl (C=O) groups excluding carboxylic acids is 1. The molecule has 1 fully saturated rings. The molecule has 0 spiro atoms. The number of piperidine rings is 1. The monoisotopic (exact) mass is 324 g/mol. The first kappa shape index (κ1) is 14.9. The van der Waals surface area contributed by atoms with Crippen LogP contribution in [0.15, 0.2) is 34.9 Å². The number of hydrogen-bond donors (Lipinski definition) is 1. The smallest absolute Gasteiger partial charge is 0.270 e. The summed E-state index contributed by atoms with van der Waals surface area (Å²) in [7, 11) is 0. The van der Waals surface area contributed by atoms with Crippen LogP contribution in [0.5, 0.6) is 0 Å². The van der Waals surface area contributed by atoms with Gasteiger partial charge in [-0.25, -0.2) is 0 Å². The Labute approximate surface area is 139 Å². The summed E-state index contributed by atoms with van der Waals surface area (Å²) in [5, 5.41) is 5.04. The predicted octanol–water partition coefficient (Wildman–Crippen LogP) is 2.95. The lowest BCUT2D eigenvalue weighted by atomic mass is 9.94. The molecule has 1 saturated heterocycles. The van der Waals surface area contributed by atoms with Gasteiger partial charge >= 0.3 is 0 Å². The van der Waals surface area contributed by atoms with Gasteiger partial charge in [-0.3, -0.25) is 4.79 Å². The minimum Gasteiger partial charge on any atom is -0.351 e. The molecule has 24 heavy (non-hydrogen) atoms. The van der Waals surface area contributed by atoms with Gasteiger partial charge in [0.1, 0.15) is 5.69 Å². The topological polar surface area (TPSA) is 75.0 Å². The molecule has 1 N–H and O–H groups in total. The minimum atomic E-state index is 0.0696. The number of fused-ring (bicyclic) bond motifs is 1. The number of nitrogens with zero attached hydrogens (tertiary/aromatic N) is 3. The van der Waals surface area contributed by atoms with Crippen molar-refractivity contribution in [3.05, 3.63) is 47.7 Å². The molecule has 3 aromatic rings. The minimum absolute atomic E-state index is 0.0696. The van der Waals surface area contributed by atoms with E-state index in [-0.39, 0.29) is 5.91 Å². The Morgan fingerprint density at radius 1 is 1.42 bits per heavy atom. The zero-order valence-electron chi connectivity index (χ0n) is 13.7. The molecule has 0 bridgehead atoms. The van der Waals surface area contributed by atoms with Crippen molar-refractivity contribution in [3.63, 3.8) is 0 Å². The lowest BCUT2D eigenvalue weighted by Gasteiger charge is -2.32. The van der Waals surface area contributed by atoms with Crippen LogP contribution in [0, 0.1) is 12.8 Å². The van der Waals surface area contributed by atoms with Crippen LogP contribution >= 0.6 is 0 Å². The molecule has 1 aromatic carbocycles. The van der Waals surface area contributed by atoms with E-state index in [0.29, 0.717) is 17.5 Å². The molecule has 1 atom stereocenters. The highest BCUT2D eigenvalue weighted by Crippen LogP contribution is 2.23. The molecule has 4 rings (SSSR count). The van der Waals surface area contributed by atoms with Gasteiger partial charge in [0.2, 0.25) is 5.89 Å². The first-order valence-corrected chi connectivity index (χ1v) is 8.35. The molecule has 3 heterocycles. The maximum absolute atomic E-state index is 12.8. The van der Waals surface area contributed by atoms with Crippen LogP contribution in [0.3, 0.4) is 0 Å². The SMILES string of the molecule is Cc1nc(CC2CCCN(C(=O)c3cc4ccccc4[nH]3)C2)no1. The molecule has 0 radical (unpaired) electrons. The van der Waals surface area contributed by atoms with Crippen LogP contribution in [0.4, 0.5) is 0 Å². The second-order valence-electron chi connectivity index (χ2n) is 6.46. The summed E-state index contributed by atoms with van der Waals surface area (Å²) in [5.74, 6) is 1.77. The zero-order chi connectivity index (χ0) is 16.5. The standard InChI is InChI=1S/C18H20N4O2/c1-12-19-17(21-24-12)9-13-5-4-8-22(11-13)18(23)16-10-14-6-2-3-7-15(14)20-16/h2-3,6-7,10,13,20H,4-5,8-9,11H2,1H3. The molecule has 2 aromatic heterocycles. The third-order valence-electron chi connectivity index (χ3n) is 4.61. The van der Waals surface area contributed by atoms with Gasteiger partial charge in [0, 0.05) is 37.3 Å². The van der Waals surface area contributed by atoms with E-state index in [1.54, 1.807) is 6.92 Å². The maximum Gasteiger partial charge on any atom is 0.270 e. The van der Waals surface area contributed by atoms with E-state index < -0.39 is 0 Å². The number of rotatable bonds is 3. The molecule has 1 unspecified atom stereocenters. The fourth-order valence-electron chi connectivity index (χ4n) is 3.46. The van der Waals surface area contributed by atoms with Gasteiger partial charge in [0.05, 0.1) is 0 Å². The van der Waals surface area contributed by atoms with Crippen LogP contribution in [0.2, 0.25) is 0 Å². The molecular weight excluding hydrogens is 304 g/mol. The van der Waals surface area contributed by atoms with E-state index in [9.17, 15) is 4.79 Å². The number of aromatic nitrogens is 3. The average Bonchev–Trinajstić information content (AvgIpc) is 3.20. The summed E-state index contributed by atoms with van der Waals surface area (Å²) in [6, 6.07) is 9.89. The van der Waals surface area contributed by atoms with E-state index >= 15 is 0 Å². The summed E-state index contributed by atoms with van der Waals surface area (Å²) in [5.41, 5.74) is 1.66. The number of carbonyl (C=O) groups is 1. The number of likely N-dealkylation sites (tertiary alicyclic amines) is 1. The molecule has 124 valence electrons. The number of amides is 1. The van der Waals surface area contributed by atoms with Crippen molar-refractivity contribution in [2.75, 3.05) is 13.1 Å². The van der Waals surface area contributed by atoms with Crippen molar-refractivity contribution in [1.29, 1.82) is 0 Å². The van der Waals surface area contributed by atoms with E-state index in [4.69, 9.17) is 4.52 Å². The van der Waals surface area contributed by atoms with Crippen LogP contribution in [0.25, 0.3) is 10.9 Å². The van der Waals surface area contributed by atoms with E-state index in [1.165, 1.54) is 0 Å². The van der Waals surface area contributed by atoms with Crippen molar-refractivity contribution < 1.29 is 9.32 Å². The Balaban J connectivity index is 1.47. The Morgan fingerprint density at radius 3 is 3.08 bits per heavy atom. The van der Waals surface area contributed by atoms with Gasteiger partial charge < -0.3 is 14.4 Å². The third kappa shape index (κ3) is 2.91. The normalized spacial score (nSPS) is 18.2. The van der Waals surface area contributed by atoms with E-state index in [1.807, 2.05) is 35.2 Å².